The van der Waals surface area contributed by atoms with Crippen LogP contribution in [0.5, 0.6) is 0 Å². The van der Waals surface area contributed by atoms with Crippen LogP contribution in [0.4, 0.5) is 0 Å². The molecule has 1 aromatic carbocycles. The largest absolute Gasteiger partial charge is 0.307 e. The van der Waals surface area contributed by atoms with Gasteiger partial charge in [0.25, 0.3) is 0 Å². The van der Waals surface area contributed by atoms with Crippen LogP contribution in [0.1, 0.15) is 50.6 Å². The molecule has 1 aromatic rings. The van der Waals surface area contributed by atoms with Crippen LogP contribution in [0.25, 0.3) is 0 Å². The smallest absolute Gasteiger partial charge is 0.0320 e. The van der Waals surface area contributed by atoms with E-state index in [0.29, 0.717) is 12.1 Å². The van der Waals surface area contributed by atoms with Crippen LogP contribution in [0.15, 0.2) is 28.7 Å². The van der Waals surface area contributed by atoms with E-state index in [-0.39, 0.29) is 0 Å². The van der Waals surface area contributed by atoms with Gasteiger partial charge in [-0.05, 0) is 56.1 Å². The van der Waals surface area contributed by atoms with E-state index < -0.39 is 0 Å². The standard InChI is InChI=1S/C16H24BrNS/c1-3-16(12-5-4-6-13(17)11-12)18-14-7-9-15(19-2)10-8-14/h4-6,11,14-16,18H,3,7-10H2,1-2H3. The molecule has 0 aliphatic heterocycles. The average Bonchev–Trinajstić information content (AvgIpc) is 2.45. The minimum absolute atomic E-state index is 0.494. The third-order valence-corrected chi connectivity index (χ3v) is 5.74. The topological polar surface area (TPSA) is 12.0 Å². The molecule has 0 heterocycles. The Hall–Kier alpha value is 0.01000. The molecule has 0 radical (unpaired) electrons. The minimum atomic E-state index is 0.494. The molecule has 0 aromatic heterocycles. The van der Waals surface area contributed by atoms with E-state index in [9.17, 15) is 0 Å². The maximum absolute atomic E-state index is 3.86. The van der Waals surface area contributed by atoms with E-state index in [1.54, 1.807) is 0 Å². The van der Waals surface area contributed by atoms with Gasteiger partial charge in [-0.15, -0.1) is 0 Å². The van der Waals surface area contributed by atoms with Crippen LogP contribution in [0, 0.1) is 0 Å². The predicted molar refractivity (Wildman–Crippen MR) is 89.9 cm³/mol. The Kier molecular flexibility index (Phi) is 6.24. The van der Waals surface area contributed by atoms with E-state index in [1.807, 2.05) is 11.8 Å². The highest BCUT2D eigenvalue weighted by atomic mass is 79.9. The van der Waals surface area contributed by atoms with Gasteiger partial charge in [0.2, 0.25) is 0 Å². The van der Waals surface area contributed by atoms with E-state index in [2.05, 4.69) is 58.7 Å². The zero-order valence-electron chi connectivity index (χ0n) is 11.9. The normalized spacial score (nSPS) is 25.2. The lowest BCUT2D eigenvalue weighted by Gasteiger charge is -2.31. The van der Waals surface area contributed by atoms with Crippen molar-refractivity contribution in [2.45, 2.75) is 56.4 Å². The van der Waals surface area contributed by atoms with Crippen LogP contribution in [0.2, 0.25) is 0 Å². The fourth-order valence-electron chi connectivity index (χ4n) is 2.92. The minimum Gasteiger partial charge on any atom is -0.307 e. The summed E-state index contributed by atoms with van der Waals surface area (Å²) in [4.78, 5) is 0. The summed E-state index contributed by atoms with van der Waals surface area (Å²) in [7, 11) is 0. The quantitative estimate of drug-likeness (QED) is 0.793. The molecule has 0 saturated heterocycles. The third-order valence-electron chi connectivity index (χ3n) is 4.10. The lowest BCUT2D eigenvalue weighted by atomic mass is 9.93. The van der Waals surface area contributed by atoms with Gasteiger partial charge in [0.05, 0.1) is 0 Å². The highest BCUT2D eigenvalue weighted by Gasteiger charge is 2.22. The van der Waals surface area contributed by atoms with Crippen LogP contribution < -0.4 is 5.32 Å². The molecule has 1 aliphatic carbocycles. The Bertz CT molecular complexity index is 388. The van der Waals surface area contributed by atoms with Gasteiger partial charge >= 0.3 is 0 Å². The van der Waals surface area contributed by atoms with E-state index >= 15 is 0 Å². The average molecular weight is 342 g/mol. The van der Waals surface area contributed by atoms with Crippen molar-refractivity contribution in [3.63, 3.8) is 0 Å². The highest BCUT2D eigenvalue weighted by molar-refractivity contribution is 9.10. The molecule has 0 amide bonds. The van der Waals surface area contributed by atoms with Crippen LogP contribution >= 0.6 is 27.7 Å². The molecule has 2 rings (SSSR count). The van der Waals surface area contributed by atoms with Crippen molar-refractivity contribution in [3.05, 3.63) is 34.3 Å². The van der Waals surface area contributed by atoms with Gasteiger partial charge in [-0.25, -0.2) is 0 Å². The molecule has 1 saturated carbocycles. The summed E-state index contributed by atoms with van der Waals surface area (Å²) < 4.78 is 1.18. The number of nitrogens with one attached hydrogen (secondary N) is 1. The molecule has 19 heavy (non-hydrogen) atoms. The molecule has 1 unspecified atom stereocenters. The zero-order valence-corrected chi connectivity index (χ0v) is 14.3. The SMILES string of the molecule is CCC(NC1CCC(SC)CC1)c1cccc(Br)c1. The molecule has 1 nitrogen and oxygen atoms in total. The van der Waals surface area contributed by atoms with E-state index in [0.717, 1.165) is 11.7 Å². The summed E-state index contributed by atoms with van der Waals surface area (Å²) in [6.45, 7) is 2.27. The molecule has 106 valence electrons. The van der Waals surface area contributed by atoms with Crippen LogP contribution in [0.3, 0.4) is 0 Å². The molecule has 1 fully saturated rings. The van der Waals surface area contributed by atoms with Gasteiger partial charge in [0, 0.05) is 21.8 Å². The maximum Gasteiger partial charge on any atom is 0.0320 e. The van der Waals surface area contributed by atoms with Crippen molar-refractivity contribution in [3.8, 4) is 0 Å². The van der Waals surface area contributed by atoms with Gasteiger partial charge in [-0.2, -0.15) is 11.8 Å². The van der Waals surface area contributed by atoms with Crippen molar-refractivity contribution in [2.75, 3.05) is 6.26 Å². The number of hydrogen-bond acceptors (Lipinski definition) is 2. The van der Waals surface area contributed by atoms with Crippen LogP contribution in [-0.4, -0.2) is 17.5 Å². The first-order valence-electron chi connectivity index (χ1n) is 7.27. The van der Waals surface area contributed by atoms with E-state index in [1.165, 1.54) is 35.7 Å². The van der Waals surface area contributed by atoms with Gasteiger partial charge < -0.3 is 5.32 Å². The molecule has 0 spiro atoms. The summed E-state index contributed by atoms with van der Waals surface area (Å²) in [5.41, 5.74) is 1.41. The highest BCUT2D eigenvalue weighted by Crippen LogP contribution is 2.29. The number of thioether (sulfide) groups is 1. The third kappa shape index (κ3) is 4.51. The van der Waals surface area contributed by atoms with Gasteiger partial charge in [0.1, 0.15) is 0 Å². The first-order chi connectivity index (χ1) is 9.22. The summed E-state index contributed by atoms with van der Waals surface area (Å²) in [6, 6.07) is 9.91. The Labute approximate surface area is 130 Å². The first-order valence-corrected chi connectivity index (χ1v) is 9.35. The predicted octanol–water partition coefficient (Wildman–Crippen LogP) is 5.16. The Morgan fingerprint density at radius 1 is 1.32 bits per heavy atom. The second-order valence-corrected chi connectivity index (χ2v) is 7.45. The monoisotopic (exact) mass is 341 g/mol. The van der Waals surface area contributed by atoms with Gasteiger partial charge in [-0.1, -0.05) is 35.0 Å². The lowest BCUT2D eigenvalue weighted by Crippen LogP contribution is -2.36. The maximum atomic E-state index is 3.86. The summed E-state index contributed by atoms with van der Waals surface area (Å²) in [5, 5.41) is 4.76. The van der Waals surface area contributed by atoms with Crippen molar-refractivity contribution in [1.29, 1.82) is 0 Å². The molecular weight excluding hydrogens is 318 g/mol. The van der Waals surface area contributed by atoms with Gasteiger partial charge in [0.15, 0.2) is 0 Å². The summed E-state index contributed by atoms with van der Waals surface area (Å²) in [6.07, 6.45) is 8.79. The molecule has 1 aliphatic rings. The molecule has 1 atom stereocenters. The fraction of sp³-hybridized carbons (Fsp3) is 0.625. The molecule has 1 N–H and O–H groups in total. The lowest BCUT2D eigenvalue weighted by molar-refractivity contribution is 0.339. The van der Waals surface area contributed by atoms with Crippen molar-refractivity contribution in [2.24, 2.45) is 0 Å². The zero-order chi connectivity index (χ0) is 13.7. The van der Waals surface area contributed by atoms with Crippen molar-refractivity contribution in [1.82, 2.24) is 5.32 Å². The second-order valence-electron chi connectivity index (χ2n) is 5.39. The van der Waals surface area contributed by atoms with Crippen molar-refractivity contribution >= 4 is 27.7 Å². The Morgan fingerprint density at radius 3 is 2.63 bits per heavy atom. The summed E-state index contributed by atoms with van der Waals surface area (Å²) in [5.74, 6) is 0. The first kappa shape index (κ1) is 15.4. The van der Waals surface area contributed by atoms with E-state index in [4.69, 9.17) is 0 Å². The molecular formula is C16H24BrNS. The number of halogens is 1. The molecule has 3 heteroatoms. The molecule has 0 bridgehead atoms. The number of benzene rings is 1. The van der Waals surface area contributed by atoms with Crippen molar-refractivity contribution < 1.29 is 0 Å². The van der Waals surface area contributed by atoms with Crippen LogP contribution in [-0.2, 0) is 0 Å². The number of rotatable bonds is 5. The second kappa shape index (κ2) is 7.70. The Morgan fingerprint density at radius 2 is 2.05 bits per heavy atom. The fourth-order valence-corrected chi connectivity index (χ4v) is 4.08. The Balaban J connectivity index is 1.93. The van der Waals surface area contributed by atoms with Gasteiger partial charge in [-0.3, -0.25) is 0 Å². The summed E-state index contributed by atoms with van der Waals surface area (Å²) >= 11 is 5.61. The number of hydrogen-bond donors (Lipinski definition) is 1.